The molecule has 7 heteroatoms. The second-order valence-corrected chi connectivity index (χ2v) is 4.35. The molecule has 18 heavy (non-hydrogen) atoms. The number of hydrogen-bond donors (Lipinski definition) is 3. The summed E-state index contributed by atoms with van der Waals surface area (Å²) in [4.78, 5) is 22.0. The van der Waals surface area contributed by atoms with Crippen molar-refractivity contribution in [2.75, 3.05) is 5.32 Å². The van der Waals surface area contributed by atoms with Gasteiger partial charge in [-0.25, -0.2) is 19.9 Å². The highest BCUT2D eigenvalue weighted by Gasteiger charge is 2.09. The van der Waals surface area contributed by atoms with E-state index in [-0.39, 0.29) is 5.69 Å². The molecular weight excluding hydrogens is 232 g/mol. The van der Waals surface area contributed by atoms with Crippen LogP contribution in [0.25, 0.3) is 0 Å². The van der Waals surface area contributed by atoms with Gasteiger partial charge in [0.15, 0.2) is 0 Å². The summed E-state index contributed by atoms with van der Waals surface area (Å²) < 4.78 is 0. The average Bonchev–Trinajstić information content (AvgIpc) is 2.72. The first kappa shape index (κ1) is 12.3. The third-order valence-electron chi connectivity index (χ3n) is 2.53. The molecule has 0 aliphatic carbocycles. The van der Waals surface area contributed by atoms with Crippen molar-refractivity contribution in [2.24, 2.45) is 0 Å². The summed E-state index contributed by atoms with van der Waals surface area (Å²) in [5.41, 5.74) is 0.730. The highest BCUT2D eigenvalue weighted by molar-refractivity contribution is 5.44. The Morgan fingerprint density at radius 1 is 1.44 bits per heavy atom. The van der Waals surface area contributed by atoms with Crippen molar-refractivity contribution in [3.8, 4) is 0 Å². The Kier molecular flexibility index (Phi) is 3.40. The summed E-state index contributed by atoms with van der Waals surface area (Å²) in [7, 11) is 0. The first-order valence-electron chi connectivity index (χ1n) is 5.77. The number of aromatic nitrogens is 5. The van der Waals surface area contributed by atoms with E-state index in [4.69, 9.17) is 0 Å². The Balaban J connectivity index is 2.17. The van der Waals surface area contributed by atoms with Crippen LogP contribution >= 0.6 is 0 Å². The Labute approximate surface area is 104 Å². The molecular formula is C11H16N6O. The SMILES string of the molecule is Cc1ncc(C(C)C)c(NCc2n[nH]c(=O)[nH]2)n1. The molecule has 0 amide bonds. The summed E-state index contributed by atoms with van der Waals surface area (Å²) in [6, 6.07) is 0. The zero-order valence-electron chi connectivity index (χ0n) is 10.6. The van der Waals surface area contributed by atoms with Crippen molar-refractivity contribution in [1.29, 1.82) is 0 Å². The first-order chi connectivity index (χ1) is 8.56. The lowest BCUT2D eigenvalue weighted by Gasteiger charge is -2.12. The molecule has 2 aromatic heterocycles. The van der Waals surface area contributed by atoms with Gasteiger partial charge in [0, 0.05) is 11.8 Å². The van der Waals surface area contributed by atoms with Gasteiger partial charge in [0.25, 0.3) is 0 Å². The molecule has 2 heterocycles. The lowest BCUT2D eigenvalue weighted by atomic mass is 10.1. The van der Waals surface area contributed by atoms with Crippen LogP contribution < -0.4 is 11.0 Å². The minimum Gasteiger partial charge on any atom is -0.362 e. The fourth-order valence-corrected chi connectivity index (χ4v) is 1.60. The van der Waals surface area contributed by atoms with Crippen LogP contribution in [-0.2, 0) is 6.54 Å². The molecule has 2 aromatic rings. The molecule has 0 aliphatic rings. The van der Waals surface area contributed by atoms with E-state index >= 15 is 0 Å². The van der Waals surface area contributed by atoms with Crippen LogP contribution in [0.2, 0.25) is 0 Å². The number of anilines is 1. The van der Waals surface area contributed by atoms with E-state index in [0.29, 0.717) is 24.1 Å². The van der Waals surface area contributed by atoms with E-state index in [1.165, 1.54) is 0 Å². The maximum atomic E-state index is 10.9. The number of H-pyrrole nitrogens is 2. The van der Waals surface area contributed by atoms with E-state index < -0.39 is 0 Å². The fourth-order valence-electron chi connectivity index (χ4n) is 1.60. The highest BCUT2D eigenvalue weighted by Crippen LogP contribution is 2.21. The molecule has 0 fully saturated rings. The predicted molar refractivity (Wildman–Crippen MR) is 67.4 cm³/mol. The molecule has 0 saturated heterocycles. The minimum atomic E-state index is -0.310. The van der Waals surface area contributed by atoms with Gasteiger partial charge in [0.05, 0.1) is 6.54 Å². The number of nitrogens with one attached hydrogen (secondary N) is 3. The third-order valence-corrected chi connectivity index (χ3v) is 2.53. The molecule has 0 saturated carbocycles. The van der Waals surface area contributed by atoms with Gasteiger partial charge in [0.1, 0.15) is 17.5 Å². The smallest absolute Gasteiger partial charge is 0.340 e. The Bertz CT molecular complexity index is 585. The van der Waals surface area contributed by atoms with Crippen molar-refractivity contribution in [3.05, 3.63) is 33.9 Å². The molecule has 0 atom stereocenters. The molecule has 0 aliphatic heterocycles. The Morgan fingerprint density at radius 3 is 2.83 bits per heavy atom. The van der Waals surface area contributed by atoms with Crippen LogP contribution in [0.15, 0.2) is 11.0 Å². The van der Waals surface area contributed by atoms with Gasteiger partial charge in [-0.05, 0) is 12.8 Å². The molecule has 3 N–H and O–H groups in total. The topological polar surface area (TPSA) is 99.4 Å². The van der Waals surface area contributed by atoms with Crippen LogP contribution in [0, 0.1) is 6.92 Å². The molecule has 0 bridgehead atoms. The second kappa shape index (κ2) is 4.99. The number of aryl methyl sites for hydroxylation is 1. The highest BCUT2D eigenvalue weighted by atomic mass is 16.1. The third kappa shape index (κ3) is 2.73. The zero-order chi connectivity index (χ0) is 13.1. The van der Waals surface area contributed by atoms with E-state index in [1.807, 2.05) is 13.1 Å². The number of rotatable bonds is 4. The molecule has 0 unspecified atom stereocenters. The fraction of sp³-hybridized carbons (Fsp3) is 0.455. The van der Waals surface area contributed by atoms with Crippen molar-refractivity contribution >= 4 is 5.82 Å². The van der Waals surface area contributed by atoms with Gasteiger partial charge in [-0.1, -0.05) is 13.8 Å². The van der Waals surface area contributed by atoms with Crippen molar-refractivity contribution < 1.29 is 0 Å². The standard InChI is InChI=1S/C11H16N6O/c1-6(2)8-4-12-7(3)14-10(8)13-5-9-15-11(18)17-16-9/h4,6H,5H2,1-3H3,(H,12,13,14)(H2,15,16,17,18). The van der Waals surface area contributed by atoms with Gasteiger partial charge in [-0.3, -0.25) is 4.98 Å². The Hall–Kier alpha value is -2.18. The summed E-state index contributed by atoms with van der Waals surface area (Å²) in [5, 5.41) is 9.31. The number of hydrogen-bond acceptors (Lipinski definition) is 5. The number of aromatic amines is 2. The van der Waals surface area contributed by atoms with Gasteiger partial charge >= 0.3 is 5.69 Å². The zero-order valence-corrected chi connectivity index (χ0v) is 10.6. The summed E-state index contributed by atoms with van der Waals surface area (Å²) in [5.74, 6) is 2.36. The van der Waals surface area contributed by atoms with Gasteiger partial charge in [0.2, 0.25) is 0 Å². The van der Waals surface area contributed by atoms with Crippen molar-refractivity contribution in [3.63, 3.8) is 0 Å². The monoisotopic (exact) mass is 248 g/mol. The predicted octanol–water partition coefficient (Wildman–Crippen LogP) is 0.932. The summed E-state index contributed by atoms with van der Waals surface area (Å²) >= 11 is 0. The van der Waals surface area contributed by atoms with Crippen LogP contribution in [0.5, 0.6) is 0 Å². The molecule has 96 valence electrons. The summed E-state index contributed by atoms with van der Waals surface area (Å²) in [6.07, 6.45) is 1.82. The molecule has 0 spiro atoms. The summed E-state index contributed by atoms with van der Waals surface area (Å²) in [6.45, 7) is 6.41. The normalized spacial score (nSPS) is 10.9. The van der Waals surface area contributed by atoms with Crippen LogP contribution in [0.3, 0.4) is 0 Å². The van der Waals surface area contributed by atoms with E-state index in [2.05, 4.69) is 44.3 Å². The van der Waals surface area contributed by atoms with Crippen molar-refractivity contribution in [2.45, 2.75) is 33.2 Å². The van der Waals surface area contributed by atoms with E-state index in [9.17, 15) is 4.79 Å². The molecule has 0 radical (unpaired) electrons. The van der Waals surface area contributed by atoms with Gasteiger partial charge < -0.3 is 5.32 Å². The van der Waals surface area contributed by atoms with E-state index in [1.54, 1.807) is 0 Å². The van der Waals surface area contributed by atoms with Crippen LogP contribution in [0.1, 0.15) is 37.0 Å². The van der Waals surface area contributed by atoms with Crippen molar-refractivity contribution in [1.82, 2.24) is 25.1 Å². The quantitative estimate of drug-likeness (QED) is 0.747. The van der Waals surface area contributed by atoms with E-state index in [0.717, 1.165) is 11.4 Å². The maximum Gasteiger partial charge on any atom is 0.340 e. The number of nitrogens with zero attached hydrogens (tertiary/aromatic N) is 3. The minimum absolute atomic E-state index is 0.310. The second-order valence-electron chi connectivity index (χ2n) is 4.35. The Morgan fingerprint density at radius 2 is 2.22 bits per heavy atom. The molecule has 7 nitrogen and oxygen atoms in total. The average molecular weight is 248 g/mol. The molecule has 0 aromatic carbocycles. The van der Waals surface area contributed by atoms with Crippen LogP contribution in [0.4, 0.5) is 5.82 Å². The molecule has 2 rings (SSSR count). The largest absolute Gasteiger partial charge is 0.362 e. The lowest BCUT2D eigenvalue weighted by molar-refractivity contribution is 0.832. The van der Waals surface area contributed by atoms with Gasteiger partial charge in [-0.15, -0.1) is 0 Å². The first-order valence-corrected chi connectivity index (χ1v) is 5.77. The van der Waals surface area contributed by atoms with Crippen LogP contribution in [-0.4, -0.2) is 25.1 Å². The van der Waals surface area contributed by atoms with Gasteiger partial charge in [-0.2, -0.15) is 5.10 Å². The lowest BCUT2D eigenvalue weighted by Crippen LogP contribution is -2.09. The maximum absolute atomic E-state index is 10.9.